The molecule has 0 unspecified atom stereocenters. The molecular formula is C14H15N5O. The molecule has 1 aromatic heterocycles. The van der Waals surface area contributed by atoms with Crippen molar-refractivity contribution in [2.45, 2.75) is 6.42 Å². The van der Waals surface area contributed by atoms with Crippen LogP contribution in [0.15, 0.2) is 36.7 Å². The van der Waals surface area contributed by atoms with Crippen LogP contribution in [0, 0.1) is 0 Å². The summed E-state index contributed by atoms with van der Waals surface area (Å²) in [6, 6.07) is 7.54. The van der Waals surface area contributed by atoms with Gasteiger partial charge in [0, 0.05) is 18.9 Å². The minimum absolute atomic E-state index is 0.146. The van der Waals surface area contributed by atoms with Gasteiger partial charge >= 0.3 is 0 Å². The second kappa shape index (κ2) is 5.16. The molecule has 20 heavy (non-hydrogen) atoms. The predicted octanol–water partition coefficient (Wildman–Crippen LogP) is 1.06. The maximum atomic E-state index is 12.0. The molecule has 3 N–H and O–H groups in total. The lowest BCUT2D eigenvalue weighted by atomic mass is 10.1. The number of carbonyl (C=O) groups excluding carboxylic acids is 1. The lowest BCUT2D eigenvalue weighted by Gasteiger charge is -2.19. The van der Waals surface area contributed by atoms with Crippen LogP contribution in [0.1, 0.15) is 5.56 Å². The summed E-state index contributed by atoms with van der Waals surface area (Å²) in [6.45, 7) is 1.05. The van der Waals surface area contributed by atoms with Crippen LogP contribution in [0.4, 0.5) is 17.3 Å². The first-order valence-corrected chi connectivity index (χ1v) is 6.43. The third-order valence-corrected chi connectivity index (χ3v) is 3.27. The molecule has 0 spiro atoms. The van der Waals surface area contributed by atoms with E-state index in [2.05, 4.69) is 15.3 Å². The number of nitrogens with two attached hydrogens (primary N) is 1. The Labute approximate surface area is 116 Å². The molecular weight excluding hydrogens is 254 g/mol. The number of nitrogens with zero attached hydrogens (tertiary/aromatic N) is 3. The number of amides is 1. The zero-order chi connectivity index (χ0) is 13.9. The SMILES string of the molecule is Nc1cccc2c1N(CC(=O)Nc1ncccn1)CC2. The highest BCUT2D eigenvalue weighted by Gasteiger charge is 2.23. The highest BCUT2D eigenvalue weighted by Crippen LogP contribution is 2.33. The van der Waals surface area contributed by atoms with Crippen molar-refractivity contribution in [3.05, 3.63) is 42.2 Å². The predicted molar refractivity (Wildman–Crippen MR) is 77.4 cm³/mol. The first kappa shape index (κ1) is 12.4. The Kier molecular flexibility index (Phi) is 3.20. The lowest BCUT2D eigenvalue weighted by molar-refractivity contribution is -0.115. The average molecular weight is 269 g/mol. The van der Waals surface area contributed by atoms with E-state index < -0.39 is 0 Å². The van der Waals surface area contributed by atoms with Crippen molar-refractivity contribution in [2.75, 3.05) is 29.0 Å². The van der Waals surface area contributed by atoms with Crippen LogP contribution in [0.2, 0.25) is 0 Å². The fraction of sp³-hybridized carbons (Fsp3) is 0.214. The second-order valence-electron chi connectivity index (χ2n) is 4.65. The van der Waals surface area contributed by atoms with Crippen LogP contribution >= 0.6 is 0 Å². The second-order valence-corrected chi connectivity index (χ2v) is 4.65. The van der Waals surface area contributed by atoms with Crippen LogP contribution in [-0.4, -0.2) is 29.0 Å². The van der Waals surface area contributed by atoms with Crippen molar-refractivity contribution in [3.63, 3.8) is 0 Å². The van der Waals surface area contributed by atoms with E-state index in [-0.39, 0.29) is 12.5 Å². The summed E-state index contributed by atoms with van der Waals surface area (Å²) in [6.07, 6.45) is 4.09. The summed E-state index contributed by atoms with van der Waals surface area (Å²) >= 11 is 0. The lowest BCUT2D eigenvalue weighted by Crippen LogP contribution is -2.32. The molecule has 3 rings (SSSR count). The third-order valence-electron chi connectivity index (χ3n) is 3.27. The molecule has 1 amide bonds. The monoisotopic (exact) mass is 269 g/mol. The number of benzene rings is 1. The van der Waals surface area contributed by atoms with Gasteiger partial charge in [-0.1, -0.05) is 12.1 Å². The van der Waals surface area contributed by atoms with E-state index in [4.69, 9.17) is 5.73 Å². The molecule has 6 heteroatoms. The third kappa shape index (κ3) is 2.40. The van der Waals surface area contributed by atoms with Gasteiger partial charge in [0.05, 0.1) is 17.9 Å². The zero-order valence-electron chi connectivity index (χ0n) is 10.9. The van der Waals surface area contributed by atoms with E-state index in [0.717, 1.165) is 18.7 Å². The number of carbonyl (C=O) groups is 1. The highest BCUT2D eigenvalue weighted by atomic mass is 16.2. The molecule has 0 aliphatic carbocycles. The topological polar surface area (TPSA) is 84.1 Å². The van der Waals surface area contributed by atoms with Gasteiger partial charge in [-0.3, -0.25) is 10.1 Å². The van der Waals surface area contributed by atoms with Crippen LogP contribution < -0.4 is 16.0 Å². The zero-order valence-corrected chi connectivity index (χ0v) is 10.9. The molecule has 2 heterocycles. The number of rotatable bonds is 3. The van der Waals surface area contributed by atoms with Gasteiger partial charge in [-0.15, -0.1) is 0 Å². The number of hydrogen-bond acceptors (Lipinski definition) is 5. The molecule has 1 aliphatic rings. The van der Waals surface area contributed by atoms with Crippen LogP contribution in [0.5, 0.6) is 0 Å². The largest absolute Gasteiger partial charge is 0.397 e. The summed E-state index contributed by atoms with van der Waals surface area (Å²) in [5.74, 6) is 0.172. The molecule has 6 nitrogen and oxygen atoms in total. The smallest absolute Gasteiger partial charge is 0.246 e. The summed E-state index contributed by atoms with van der Waals surface area (Å²) in [7, 11) is 0. The fourth-order valence-electron chi connectivity index (χ4n) is 2.43. The molecule has 0 saturated heterocycles. The first-order valence-electron chi connectivity index (χ1n) is 6.43. The minimum atomic E-state index is -0.146. The van der Waals surface area contributed by atoms with E-state index in [9.17, 15) is 4.79 Å². The van der Waals surface area contributed by atoms with Gasteiger partial charge < -0.3 is 10.6 Å². The first-order chi connectivity index (χ1) is 9.74. The average Bonchev–Trinajstić information content (AvgIpc) is 2.84. The maximum Gasteiger partial charge on any atom is 0.246 e. The molecule has 102 valence electrons. The minimum Gasteiger partial charge on any atom is -0.397 e. The molecule has 1 aromatic carbocycles. The van der Waals surface area contributed by atoms with Gasteiger partial charge in [0.1, 0.15) is 0 Å². The van der Waals surface area contributed by atoms with E-state index in [1.807, 2.05) is 23.1 Å². The van der Waals surface area contributed by atoms with Crippen molar-refractivity contribution in [1.82, 2.24) is 9.97 Å². The summed E-state index contributed by atoms with van der Waals surface area (Å²) in [5.41, 5.74) is 8.86. The van der Waals surface area contributed by atoms with Gasteiger partial charge in [-0.25, -0.2) is 9.97 Å². The quantitative estimate of drug-likeness (QED) is 0.814. The van der Waals surface area contributed by atoms with Crippen molar-refractivity contribution < 1.29 is 4.79 Å². The number of anilines is 3. The van der Waals surface area contributed by atoms with Crippen molar-refractivity contribution in [3.8, 4) is 0 Å². The molecule has 0 radical (unpaired) electrons. The Hall–Kier alpha value is -2.63. The Bertz CT molecular complexity index is 629. The number of nitrogens with one attached hydrogen (secondary N) is 1. The standard InChI is InChI=1S/C14H15N5O/c15-11-4-1-3-10-5-8-19(13(10)11)9-12(20)18-14-16-6-2-7-17-14/h1-4,6-7H,5,8-9,15H2,(H,16,17,18,20). The normalized spacial score (nSPS) is 13.1. The van der Waals surface area contributed by atoms with Gasteiger partial charge in [-0.2, -0.15) is 0 Å². The van der Waals surface area contributed by atoms with Crippen LogP contribution in [0.3, 0.4) is 0 Å². The van der Waals surface area contributed by atoms with E-state index in [1.165, 1.54) is 5.56 Å². The number of nitrogen functional groups attached to an aromatic ring is 1. The number of para-hydroxylation sites is 1. The fourth-order valence-corrected chi connectivity index (χ4v) is 2.43. The van der Waals surface area contributed by atoms with Crippen LogP contribution in [0.25, 0.3) is 0 Å². The Morgan fingerprint density at radius 3 is 2.90 bits per heavy atom. The van der Waals surface area contributed by atoms with Gasteiger partial charge in [0.25, 0.3) is 0 Å². The number of hydrogen-bond donors (Lipinski definition) is 2. The summed E-state index contributed by atoms with van der Waals surface area (Å²) < 4.78 is 0. The van der Waals surface area contributed by atoms with Gasteiger partial charge in [0.15, 0.2) is 0 Å². The van der Waals surface area contributed by atoms with Gasteiger partial charge in [-0.05, 0) is 24.1 Å². The summed E-state index contributed by atoms with van der Waals surface area (Å²) in [4.78, 5) is 21.9. The van der Waals surface area contributed by atoms with E-state index in [1.54, 1.807) is 18.5 Å². The molecule has 0 fully saturated rings. The van der Waals surface area contributed by atoms with Crippen molar-refractivity contribution in [2.24, 2.45) is 0 Å². The van der Waals surface area contributed by atoms with Crippen molar-refractivity contribution >= 4 is 23.2 Å². The Morgan fingerprint density at radius 1 is 1.30 bits per heavy atom. The van der Waals surface area contributed by atoms with E-state index in [0.29, 0.717) is 11.6 Å². The molecule has 1 aliphatic heterocycles. The highest BCUT2D eigenvalue weighted by molar-refractivity contribution is 5.93. The van der Waals surface area contributed by atoms with Crippen LogP contribution in [-0.2, 0) is 11.2 Å². The number of fused-ring (bicyclic) bond motifs is 1. The molecule has 0 bridgehead atoms. The molecule has 0 atom stereocenters. The maximum absolute atomic E-state index is 12.0. The Morgan fingerprint density at radius 2 is 2.10 bits per heavy atom. The Balaban J connectivity index is 1.70. The van der Waals surface area contributed by atoms with Gasteiger partial charge in [0.2, 0.25) is 11.9 Å². The summed E-state index contributed by atoms with van der Waals surface area (Å²) in [5, 5.41) is 2.68. The van der Waals surface area contributed by atoms with E-state index >= 15 is 0 Å². The number of aromatic nitrogens is 2. The molecule has 0 saturated carbocycles. The van der Waals surface area contributed by atoms with Crippen molar-refractivity contribution in [1.29, 1.82) is 0 Å². The molecule has 2 aromatic rings.